The predicted molar refractivity (Wildman–Crippen MR) is 121 cm³/mol. The summed E-state index contributed by atoms with van der Waals surface area (Å²) in [6.45, 7) is 2.57. The zero-order chi connectivity index (χ0) is 20.8. The fraction of sp³-hybridized carbons (Fsp3) is 0.615. The van der Waals surface area contributed by atoms with Crippen molar-refractivity contribution in [2.75, 3.05) is 0 Å². The van der Waals surface area contributed by atoms with Gasteiger partial charge in [0.2, 0.25) is 0 Å². The van der Waals surface area contributed by atoms with Gasteiger partial charge in [0.1, 0.15) is 6.61 Å². The maximum absolute atomic E-state index is 11.7. The van der Waals surface area contributed by atoms with Crippen molar-refractivity contribution in [1.29, 1.82) is 0 Å². The number of rotatable bonds is 16. The lowest BCUT2D eigenvalue weighted by molar-refractivity contribution is -0.145. The summed E-state index contributed by atoms with van der Waals surface area (Å²) in [5, 5.41) is 0. The maximum atomic E-state index is 11.7. The van der Waals surface area contributed by atoms with Crippen LogP contribution in [0.5, 0.6) is 0 Å². The summed E-state index contributed by atoms with van der Waals surface area (Å²) in [4.78, 5) is 15.7. The number of carbonyl (C=O) groups is 1. The van der Waals surface area contributed by atoms with E-state index in [1.165, 1.54) is 57.8 Å². The van der Waals surface area contributed by atoms with Crippen LogP contribution in [0.25, 0.3) is 0 Å². The number of aromatic nitrogens is 1. The molecule has 0 N–H and O–H groups in total. The number of hydrogen-bond acceptors (Lipinski definition) is 3. The first-order chi connectivity index (χ1) is 14.3. The number of carbonyl (C=O) groups excluding carboxylic acids is 1. The molecule has 160 valence electrons. The van der Waals surface area contributed by atoms with Gasteiger partial charge in [0.05, 0.1) is 0 Å². The van der Waals surface area contributed by atoms with Gasteiger partial charge in [0.25, 0.3) is 0 Å². The van der Waals surface area contributed by atoms with Crippen LogP contribution >= 0.6 is 0 Å². The van der Waals surface area contributed by atoms with Crippen molar-refractivity contribution < 1.29 is 9.53 Å². The van der Waals surface area contributed by atoms with E-state index in [1.807, 2.05) is 18.2 Å². The Kier molecular flexibility index (Phi) is 16.6. The molecule has 0 spiro atoms. The molecule has 0 saturated carbocycles. The molecule has 0 aliphatic rings. The SMILES string of the molecule is CCCCCC/C=C/C#CCCCCCCCCCC(=O)OCc1cccnc1. The first-order valence-electron chi connectivity index (χ1n) is 11.5. The van der Waals surface area contributed by atoms with Crippen LogP contribution in [0.3, 0.4) is 0 Å². The number of esters is 1. The summed E-state index contributed by atoms with van der Waals surface area (Å²) in [6.07, 6.45) is 23.8. The van der Waals surface area contributed by atoms with Crippen molar-refractivity contribution in [2.45, 2.75) is 103 Å². The van der Waals surface area contributed by atoms with E-state index in [-0.39, 0.29) is 5.97 Å². The summed E-state index contributed by atoms with van der Waals surface area (Å²) in [7, 11) is 0. The highest BCUT2D eigenvalue weighted by Gasteiger charge is 2.03. The molecule has 0 aliphatic heterocycles. The lowest BCUT2D eigenvalue weighted by Crippen LogP contribution is -2.04. The second-order valence-corrected chi connectivity index (χ2v) is 7.57. The summed E-state index contributed by atoms with van der Waals surface area (Å²) < 4.78 is 5.26. The Labute approximate surface area is 178 Å². The van der Waals surface area contributed by atoms with Crippen molar-refractivity contribution in [3.05, 3.63) is 42.2 Å². The number of unbranched alkanes of at least 4 members (excludes halogenated alkanes) is 11. The van der Waals surface area contributed by atoms with Crippen LogP contribution in [-0.2, 0) is 16.1 Å². The fourth-order valence-electron chi connectivity index (χ4n) is 3.05. The molecular formula is C26H39NO2. The van der Waals surface area contributed by atoms with Gasteiger partial charge in [-0.25, -0.2) is 0 Å². The van der Waals surface area contributed by atoms with Crippen LogP contribution in [0.15, 0.2) is 36.7 Å². The molecule has 0 bridgehead atoms. The van der Waals surface area contributed by atoms with Crippen molar-refractivity contribution in [2.24, 2.45) is 0 Å². The molecule has 29 heavy (non-hydrogen) atoms. The summed E-state index contributed by atoms with van der Waals surface area (Å²) >= 11 is 0. The molecule has 3 nitrogen and oxygen atoms in total. The van der Waals surface area contributed by atoms with E-state index >= 15 is 0 Å². The van der Waals surface area contributed by atoms with Gasteiger partial charge < -0.3 is 4.74 Å². The molecule has 0 amide bonds. The molecule has 1 aromatic heterocycles. The van der Waals surface area contributed by atoms with Gasteiger partial charge in [-0.05, 0) is 37.8 Å². The Morgan fingerprint density at radius 1 is 1.03 bits per heavy atom. The van der Waals surface area contributed by atoms with Gasteiger partial charge >= 0.3 is 5.97 Å². The summed E-state index contributed by atoms with van der Waals surface area (Å²) in [5.41, 5.74) is 0.934. The highest BCUT2D eigenvalue weighted by molar-refractivity contribution is 5.69. The predicted octanol–water partition coefficient (Wildman–Crippen LogP) is 7.17. The fourth-order valence-corrected chi connectivity index (χ4v) is 3.05. The minimum Gasteiger partial charge on any atom is -0.461 e. The number of hydrogen-bond donors (Lipinski definition) is 0. The van der Waals surface area contributed by atoms with E-state index in [0.717, 1.165) is 31.2 Å². The van der Waals surface area contributed by atoms with Gasteiger partial charge in [-0.3, -0.25) is 9.78 Å². The van der Waals surface area contributed by atoms with Crippen LogP contribution in [0, 0.1) is 11.8 Å². The average molecular weight is 398 g/mol. The lowest BCUT2D eigenvalue weighted by Gasteiger charge is -2.04. The Balaban J connectivity index is 1.83. The standard InChI is InChI=1S/C26H39NO2/c1-2-3-4-5-6-7-8-9-10-11-12-13-14-15-16-17-18-21-26(28)29-24-25-20-19-22-27-23-25/h7-8,19-20,22-23H,2-6,11-18,21,24H2,1H3/b8-7+. The largest absolute Gasteiger partial charge is 0.461 e. The number of allylic oxidation sites excluding steroid dienone is 2. The Bertz CT molecular complexity index is 598. The molecule has 0 radical (unpaired) electrons. The molecule has 0 atom stereocenters. The lowest BCUT2D eigenvalue weighted by atomic mass is 10.1. The quantitative estimate of drug-likeness (QED) is 0.169. The molecule has 1 aromatic rings. The summed E-state index contributed by atoms with van der Waals surface area (Å²) in [5.74, 6) is 6.28. The van der Waals surface area contributed by atoms with E-state index in [9.17, 15) is 4.79 Å². The molecule has 0 saturated heterocycles. The third-order valence-corrected chi connectivity index (χ3v) is 4.83. The molecule has 1 heterocycles. The average Bonchev–Trinajstić information content (AvgIpc) is 2.75. The summed E-state index contributed by atoms with van der Waals surface area (Å²) in [6, 6.07) is 3.77. The molecule has 1 rings (SSSR count). The van der Waals surface area contributed by atoms with E-state index in [1.54, 1.807) is 12.4 Å². The maximum Gasteiger partial charge on any atom is 0.306 e. The normalized spacial score (nSPS) is 10.7. The topological polar surface area (TPSA) is 39.2 Å². The molecule has 3 heteroatoms. The van der Waals surface area contributed by atoms with Crippen LogP contribution < -0.4 is 0 Å². The van der Waals surface area contributed by atoms with Crippen molar-refractivity contribution in [3.63, 3.8) is 0 Å². The minimum absolute atomic E-state index is 0.109. The van der Waals surface area contributed by atoms with Gasteiger partial charge in [0.15, 0.2) is 0 Å². The zero-order valence-corrected chi connectivity index (χ0v) is 18.3. The van der Waals surface area contributed by atoms with Gasteiger partial charge in [0, 0.05) is 30.8 Å². The minimum atomic E-state index is -0.109. The Morgan fingerprint density at radius 3 is 2.55 bits per heavy atom. The Morgan fingerprint density at radius 2 is 1.79 bits per heavy atom. The highest BCUT2D eigenvalue weighted by Crippen LogP contribution is 2.10. The number of pyridine rings is 1. The van der Waals surface area contributed by atoms with Gasteiger partial charge in [-0.15, -0.1) is 0 Å². The van der Waals surface area contributed by atoms with Gasteiger partial charge in [-0.1, -0.05) is 82.3 Å². The number of ether oxygens (including phenoxy) is 1. The molecule has 0 fully saturated rings. The van der Waals surface area contributed by atoms with Gasteiger partial charge in [-0.2, -0.15) is 0 Å². The molecule has 0 aromatic carbocycles. The molecule has 0 aliphatic carbocycles. The zero-order valence-electron chi connectivity index (χ0n) is 18.3. The third-order valence-electron chi connectivity index (χ3n) is 4.83. The second kappa shape index (κ2) is 19.2. The van der Waals surface area contributed by atoms with E-state index in [0.29, 0.717) is 13.0 Å². The van der Waals surface area contributed by atoms with Crippen molar-refractivity contribution >= 4 is 5.97 Å². The van der Waals surface area contributed by atoms with Crippen LogP contribution in [-0.4, -0.2) is 11.0 Å². The van der Waals surface area contributed by atoms with Crippen LogP contribution in [0.2, 0.25) is 0 Å². The van der Waals surface area contributed by atoms with Crippen molar-refractivity contribution in [1.82, 2.24) is 4.98 Å². The monoisotopic (exact) mass is 397 g/mol. The molecular weight excluding hydrogens is 358 g/mol. The highest BCUT2D eigenvalue weighted by atomic mass is 16.5. The van der Waals surface area contributed by atoms with Crippen LogP contribution in [0.4, 0.5) is 0 Å². The number of nitrogens with zero attached hydrogens (tertiary/aromatic N) is 1. The Hall–Kier alpha value is -2.08. The second-order valence-electron chi connectivity index (χ2n) is 7.57. The van der Waals surface area contributed by atoms with E-state index in [2.05, 4.69) is 29.8 Å². The van der Waals surface area contributed by atoms with E-state index in [4.69, 9.17) is 4.74 Å². The molecule has 0 unspecified atom stereocenters. The van der Waals surface area contributed by atoms with E-state index < -0.39 is 0 Å². The van der Waals surface area contributed by atoms with Crippen molar-refractivity contribution in [3.8, 4) is 11.8 Å². The smallest absolute Gasteiger partial charge is 0.306 e. The third kappa shape index (κ3) is 16.6. The first-order valence-corrected chi connectivity index (χ1v) is 11.5. The van der Waals surface area contributed by atoms with Crippen LogP contribution in [0.1, 0.15) is 102 Å². The first kappa shape index (κ1) is 25.0.